The summed E-state index contributed by atoms with van der Waals surface area (Å²) in [5.74, 6) is -3.18. The van der Waals surface area contributed by atoms with Gasteiger partial charge in [0.25, 0.3) is 0 Å². The van der Waals surface area contributed by atoms with Crippen molar-refractivity contribution in [1.82, 2.24) is 0 Å². The highest BCUT2D eigenvalue weighted by atomic mass is 19.4. The summed E-state index contributed by atoms with van der Waals surface area (Å²) in [7, 11) is 0. The van der Waals surface area contributed by atoms with Gasteiger partial charge in [0, 0.05) is 5.56 Å². The monoisotopic (exact) mass is 370 g/mol. The zero-order valence-electron chi connectivity index (χ0n) is 11.2. The molecule has 0 amide bonds. The third-order valence-corrected chi connectivity index (χ3v) is 2.80. The van der Waals surface area contributed by atoms with E-state index in [2.05, 4.69) is 4.74 Å². The first-order chi connectivity index (χ1) is 10.6. The molecule has 0 saturated carbocycles. The number of rotatable bonds is 3. The molecule has 1 aromatic carbocycles. The SMILES string of the molecule is O=C(OCc1ccccc1C(F)(F)F)C(O)(C(F)(F)F)C(F)(F)F. The number of aliphatic hydroxyl groups is 1. The fourth-order valence-corrected chi connectivity index (χ4v) is 1.56. The Labute approximate surface area is 127 Å². The van der Waals surface area contributed by atoms with Crippen LogP contribution in [-0.2, 0) is 22.3 Å². The number of hydrogen-bond acceptors (Lipinski definition) is 3. The largest absolute Gasteiger partial charge is 0.458 e. The number of esters is 1. The molecule has 0 spiro atoms. The molecule has 0 bridgehead atoms. The molecule has 12 heteroatoms. The molecule has 1 rings (SSSR count). The molecule has 1 aromatic rings. The molecule has 136 valence electrons. The van der Waals surface area contributed by atoms with Gasteiger partial charge in [0.15, 0.2) is 0 Å². The Hall–Kier alpha value is -1.98. The van der Waals surface area contributed by atoms with Crippen LogP contribution < -0.4 is 0 Å². The van der Waals surface area contributed by atoms with Crippen LogP contribution in [-0.4, -0.2) is 29.0 Å². The molecule has 1 N–H and O–H groups in total. The normalized spacial score (nSPS) is 13.8. The lowest BCUT2D eigenvalue weighted by Gasteiger charge is -2.29. The number of halogens is 9. The lowest BCUT2D eigenvalue weighted by atomic mass is 10.0. The van der Waals surface area contributed by atoms with Crippen molar-refractivity contribution in [3.8, 4) is 0 Å². The molecule has 24 heavy (non-hydrogen) atoms. The van der Waals surface area contributed by atoms with Crippen LogP contribution in [0.5, 0.6) is 0 Å². The Bertz CT molecular complexity index is 587. The first-order valence-electron chi connectivity index (χ1n) is 5.80. The minimum Gasteiger partial charge on any atom is -0.458 e. The van der Waals surface area contributed by atoms with Gasteiger partial charge in [-0.1, -0.05) is 18.2 Å². The summed E-state index contributed by atoms with van der Waals surface area (Å²) in [6.07, 6.45) is -17.9. The van der Waals surface area contributed by atoms with Crippen LogP contribution in [0.3, 0.4) is 0 Å². The van der Waals surface area contributed by atoms with Crippen molar-refractivity contribution in [2.24, 2.45) is 0 Å². The molecule has 0 unspecified atom stereocenters. The van der Waals surface area contributed by atoms with Crippen LogP contribution in [0.15, 0.2) is 24.3 Å². The van der Waals surface area contributed by atoms with E-state index in [9.17, 15) is 44.3 Å². The molecule has 0 aliphatic carbocycles. The molecule has 0 radical (unpaired) electrons. The number of carbonyl (C=O) groups excluding carboxylic acids is 1. The van der Waals surface area contributed by atoms with Crippen LogP contribution in [0.2, 0.25) is 0 Å². The summed E-state index contributed by atoms with van der Waals surface area (Å²) in [5, 5.41) is 8.71. The average molecular weight is 370 g/mol. The lowest BCUT2D eigenvalue weighted by molar-refractivity contribution is -0.357. The van der Waals surface area contributed by atoms with Crippen LogP contribution in [0, 0.1) is 0 Å². The molecule has 0 saturated heterocycles. The van der Waals surface area contributed by atoms with E-state index in [1.807, 2.05) is 0 Å². The number of ether oxygens (including phenoxy) is 1. The van der Waals surface area contributed by atoms with Gasteiger partial charge in [0.1, 0.15) is 6.61 Å². The van der Waals surface area contributed by atoms with E-state index in [1.165, 1.54) is 0 Å². The fraction of sp³-hybridized carbons (Fsp3) is 0.417. The van der Waals surface area contributed by atoms with Crippen LogP contribution in [0.4, 0.5) is 39.5 Å². The van der Waals surface area contributed by atoms with Gasteiger partial charge in [-0.3, -0.25) is 0 Å². The first kappa shape index (κ1) is 20.1. The highest BCUT2D eigenvalue weighted by Gasteiger charge is 2.76. The molecular weight excluding hydrogens is 363 g/mol. The van der Waals surface area contributed by atoms with Crippen LogP contribution in [0.1, 0.15) is 11.1 Å². The van der Waals surface area contributed by atoms with Crippen molar-refractivity contribution in [1.29, 1.82) is 0 Å². The molecule has 0 aromatic heterocycles. The topological polar surface area (TPSA) is 46.5 Å². The minimum atomic E-state index is -6.48. The van der Waals surface area contributed by atoms with Crippen molar-refractivity contribution in [2.45, 2.75) is 30.7 Å². The predicted octanol–water partition coefficient (Wildman–Crippen LogP) is 3.60. The third-order valence-electron chi connectivity index (χ3n) is 2.80. The van der Waals surface area contributed by atoms with Gasteiger partial charge in [-0.05, 0) is 6.07 Å². The van der Waals surface area contributed by atoms with E-state index in [1.54, 1.807) is 0 Å². The third kappa shape index (κ3) is 3.74. The minimum absolute atomic E-state index is 0.489. The second kappa shape index (κ2) is 6.15. The maximum absolute atomic E-state index is 12.6. The zero-order valence-corrected chi connectivity index (χ0v) is 11.2. The van der Waals surface area contributed by atoms with Gasteiger partial charge in [0.2, 0.25) is 0 Å². The Morgan fingerprint density at radius 1 is 0.917 bits per heavy atom. The highest BCUT2D eigenvalue weighted by Crippen LogP contribution is 2.44. The van der Waals surface area contributed by atoms with Crippen molar-refractivity contribution >= 4 is 5.97 Å². The molecule has 0 aliphatic rings. The fourth-order valence-electron chi connectivity index (χ4n) is 1.56. The lowest BCUT2D eigenvalue weighted by Crippen LogP contribution is -2.62. The number of alkyl halides is 9. The maximum atomic E-state index is 12.6. The Morgan fingerprint density at radius 2 is 1.38 bits per heavy atom. The Kier molecular flexibility index (Phi) is 5.14. The summed E-state index contributed by atoms with van der Waals surface area (Å²) in [4.78, 5) is 11.1. The molecule has 0 aliphatic heterocycles. The zero-order chi connectivity index (χ0) is 19.0. The number of benzene rings is 1. The summed E-state index contributed by atoms with van der Waals surface area (Å²) in [6, 6.07) is 3.09. The molecular formula is C12H7F9O3. The van der Waals surface area contributed by atoms with Crippen LogP contribution >= 0.6 is 0 Å². The smallest absolute Gasteiger partial charge is 0.437 e. The second-order valence-corrected chi connectivity index (χ2v) is 4.44. The summed E-state index contributed by atoms with van der Waals surface area (Å²) in [6.45, 7) is -1.55. The van der Waals surface area contributed by atoms with Gasteiger partial charge in [-0.2, -0.15) is 39.5 Å². The van der Waals surface area contributed by atoms with Crippen molar-refractivity contribution in [3.05, 3.63) is 35.4 Å². The van der Waals surface area contributed by atoms with E-state index in [-0.39, 0.29) is 0 Å². The van der Waals surface area contributed by atoms with E-state index >= 15 is 0 Å². The van der Waals surface area contributed by atoms with E-state index in [0.29, 0.717) is 12.1 Å². The van der Waals surface area contributed by atoms with Crippen molar-refractivity contribution < 1.29 is 54.2 Å². The Balaban J connectivity index is 3.09. The van der Waals surface area contributed by atoms with Gasteiger partial charge >= 0.3 is 30.1 Å². The van der Waals surface area contributed by atoms with E-state index in [0.717, 1.165) is 12.1 Å². The molecule has 0 fully saturated rings. The second-order valence-electron chi connectivity index (χ2n) is 4.44. The quantitative estimate of drug-likeness (QED) is 0.653. The van der Waals surface area contributed by atoms with Gasteiger partial charge in [-0.25, -0.2) is 4.79 Å². The van der Waals surface area contributed by atoms with E-state index in [4.69, 9.17) is 5.11 Å². The highest BCUT2D eigenvalue weighted by molar-refractivity contribution is 5.81. The van der Waals surface area contributed by atoms with Gasteiger partial charge in [-0.15, -0.1) is 0 Å². The van der Waals surface area contributed by atoms with Gasteiger partial charge < -0.3 is 9.84 Å². The van der Waals surface area contributed by atoms with Gasteiger partial charge in [0.05, 0.1) is 5.56 Å². The summed E-state index contributed by atoms with van der Waals surface area (Å²) < 4.78 is 116. The summed E-state index contributed by atoms with van der Waals surface area (Å²) >= 11 is 0. The summed E-state index contributed by atoms with van der Waals surface area (Å²) in [5.41, 5.74) is -8.15. The Morgan fingerprint density at radius 3 is 1.79 bits per heavy atom. The predicted molar refractivity (Wildman–Crippen MR) is 58.3 cm³/mol. The number of hydrogen-bond donors (Lipinski definition) is 1. The maximum Gasteiger partial charge on any atom is 0.437 e. The number of carbonyl (C=O) groups is 1. The molecule has 0 heterocycles. The average Bonchev–Trinajstić information content (AvgIpc) is 2.40. The van der Waals surface area contributed by atoms with Crippen molar-refractivity contribution in [2.75, 3.05) is 0 Å². The van der Waals surface area contributed by atoms with Crippen molar-refractivity contribution in [3.63, 3.8) is 0 Å². The standard InChI is InChI=1S/C12H7F9O3/c13-10(14,15)7-4-2-1-3-6(7)5-24-8(22)9(23,11(16,17)18)12(19,20)21/h1-4,23H,5H2. The molecule has 3 nitrogen and oxygen atoms in total. The first-order valence-corrected chi connectivity index (χ1v) is 5.80. The van der Waals surface area contributed by atoms with E-state index < -0.39 is 47.8 Å². The van der Waals surface area contributed by atoms with Crippen LogP contribution in [0.25, 0.3) is 0 Å². The molecule has 0 atom stereocenters.